The van der Waals surface area contributed by atoms with Crippen LogP contribution in [0.1, 0.15) is 37.0 Å². The molecule has 30 heavy (non-hydrogen) atoms. The molecule has 2 rings (SSSR count). The first-order chi connectivity index (χ1) is 14.2. The number of benzene rings is 1. The molecule has 1 aliphatic heterocycles. The first-order valence-corrected chi connectivity index (χ1v) is 10.2. The van der Waals surface area contributed by atoms with Crippen molar-refractivity contribution < 1.29 is 19.1 Å². The van der Waals surface area contributed by atoms with E-state index < -0.39 is 12.0 Å². The number of ether oxygens (including phenoxy) is 1. The van der Waals surface area contributed by atoms with Gasteiger partial charge in [0.25, 0.3) is 0 Å². The number of anilines is 1. The third-order valence-corrected chi connectivity index (χ3v) is 4.93. The second-order valence-corrected chi connectivity index (χ2v) is 7.67. The average molecular weight is 417 g/mol. The van der Waals surface area contributed by atoms with E-state index in [2.05, 4.69) is 16.0 Å². The molecular weight excluding hydrogens is 384 g/mol. The van der Waals surface area contributed by atoms with Crippen molar-refractivity contribution in [1.82, 2.24) is 15.5 Å². The third-order valence-electron chi connectivity index (χ3n) is 4.93. The highest BCUT2D eigenvalue weighted by atomic mass is 16.5. The molecule has 1 atom stereocenters. The van der Waals surface area contributed by atoms with Crippen LogP contribution in [-0.2, 0) is 14.3 Å². The molecule has 0 fully saturated rings. The summed E-state index contributed by atoms with van der Waals surface area (Å²) in [5.41, 5.74) is 4.83. The summed E-state index contributed by atoms with van der Waals surface area (Å²) < 4.78 is 5.17. The quantitative estimate of drug-likeness (QED) is 0.565. The van der Waals surface area contributed by atoms with Crippen LogP contribution in [0.4, 0.5) is 10.5 Å². The predicted molar refractivity (Wildman–Crippen MR) is 116 cm³/mol. The number of hydrogen-bond acceptors (Lipinski definition) is 5. The Balaban J connectivity index is 2.14. The number of carbonyl (C=O) groups is 3. The molecule has 8 heteroatoms. The van der Waals surface area contributed by atoms with Crippen LogP contribution in [0.2, 0.25) is 0 Å². The Morgan fingerprint density at radius 2 is 1.80 bits per heavy atom. The lowest BCUT2D eigenvalue weighted by Crippen LogP contribution is -2.52. The Hall–Kier alpha value is -2.87. The number of amides is 3. The number of aryl methyl sites for hydroxylation is 3. The molecule has 3 amide bonds. The van der Waals surface area contributed by atoms with Crippen LogP contribution >= 0.6 is 0 Å². The zero-order valence-electron chi connectivity index (χ0n) is 18.6. The molecule has 0 spiro atoms. The van der Waals surface area contributed by atoms with E-state index in [1.807, 2.05) is 39.8 Å². The van der Waals surface area contributed by atoms with Crippen molar-refractivity contribution in [3.63, 3.8) is 0 Å². The fourth-order valence-corrected chi connectivity index (χ4v) is 3.71. The van der Waals surface area contributed by atoms with E-state index in [1.54, 1.807) is 18.9 Å². The molecule has 0 aromatic heterocycles. The Morgan fingerprint density at radius 1 is 1.17 bits per heavy atom. The minimum Gasteiger partial charge on any atom is -0.463 e. The number of nitrogens with zero attached hydrogens (tertiary/aromatic N) is 1. The van der Waals surface area contributed by atoms with Crippen molar-refractivity contribution >= 4 is 23.6 Å². The number of esters is 1. The molecule has 0 saturated heterocycles. The number of nitrogens with one attached hydrogen (secondary N) is 3. The van der Waals surface area contributed by atoms with Gasteiger partial charge in [-0.15, -0.1) is 0 Å². The highest BCUT2D eigenvalue weighted by Gasteiger charge is 2.32. The standard InChI is InChI=1S/C22H32N4O4/c1-7-16-19(21(28)30-8-2)17(24-22(29)23-16)11-26(6)12-18(27)25-20-14(4)9-13(3)10-15(20)5/h9-10,16H,7-8,11-12H2,1-6H3,(H,25,27)(H2,23,24,29)/t16-/m1/s1. The van der Waals surface area contributed by atoms with Crippen molar-refractivity contribution in [2.75, 3.05) is 32.1 Å². The van der Waals surface area contributed by atoms with Gasteiger partial charge in [0.15, 0.2) is 0 Å². The van der Waals surface area contributed by atoms with Gasteiger partial charge < -0.3 is 20.7 Å². The molecule has 0 aliphatic carbocycles. The molecule has 164 valence electrons. The topological polar surface area (TPSA) is 99.8 Å². The molecule has 8 nitrogen and oxygen atoms in total. The molecule has 0 bridgehead atoms. The molecule has 1 heterocycles. The fourth-order valence-electron chi connectivity index (χ4n) is 3.71. The zero-order valence-corrected chi connectivity index (χ0v) is 18.6. The monoisotopic (exact) mass is 416 g/mol. The third kappa shape index (κ3) is 5.82. The predicted octanol–water partition coefficient (Wildman–Crippen LogP) is 2.39. The van der Waals surface area contributed by atoms with Crippen molar-refractivity contribution in [2.45, 2.75) is 47.1 Å². The summed E-state index contributed by atoms with van der Waals surface area (Å²) in [7, 11) is 1.76. The Morgan fingerprint density at radius 3 is 2.37 bits per heavy atom. The highest BCUT2D eigenvalue weighted by Crippen LogP contribution is 2.22. The van der Waals surface area contributed by atoms with Crippen LogP contribution in [-0.4, -0.2) is 55.6 Å². The lowest BCUT2D eigenvalue weighted by Gasteiger charge is -2.30. The maximum atomic E-state index is 12.6. The largest absolute Gasteiger partial charge is 0.463 e. The van der Waals surface area contributed by atoms with Crippen LogP contribution in [0, 0.1) is 20.8 Å². The summed E-state index contributed by atoms with van der Waals surface area (Å²) in [4.78, 5) is 38.8. The lowest BCUT2D eigenvalue weighted by molar-refractivity contribution is -0.139. The zero-order chi connectivity index (χ0) is 22.4. The number of hydrogen-bond donors (Lipinski definition) is 3. The highest BCUT2D eigenvalue weighted by molar-refractivity contribution is 5.95. The summed E-state index contributed by atoms with van der Waals surface area (Å²) in [6.45, 7) is 10.1. The number of carbonyl (C=O) groups excluding carboxylic acids is 3. The summed E-state index contributed by atoms with van der Waals surface area (Å²) in [5, 5.41) is 8.42. The summed E-state index contributed by atoms with van der Waals surface area (Å²) in [5.74, 6) is -0.631. The molecule has 0 radical (unpaired) electrons. The summed E-state index contributed by atoms with van der Waals surface area (Å²) in [6, 6.07) is 3.26. The van der Waals surface area contributed by atoms with Gasteiger partial charge in [-0.1, -0.05) is 24.6 Å². The second-order valence-electron chi connectivity index (χ2n) is 7.67. The SMILES string of the molecule is CCOC(=O)C1=C(CN(C)CC(=O)Nc2c(C)cc(C)cc2C)NC(=O)N[C@@H]1CC. The Kier molecular flexibility index (Phi) is 8.00. The molecule has 0 saturated carbocycles. The van der Waals surface area contributed by atoms with E-state index in [9.17, 15) is 14.4 Å². The molecule has 1 aromatic carbocycles. The van der Waals surface area contributed by atoms with Crippen molar-refractivity contribution in [1.29, 1.82) is 0 Å². The van der Waals surface area contributed by atoms with Crippen LogP contribution in [0.3, 0.4) is 0 Å². The number of rotatable bonds is 8. The minimum atomic E-state index is -0.462. The van der Waals surface area contributed by atoms with E-state index in [1.165, 1.54) is 0 Å². The average Bonchev–Trinajstić information content (AvgIpc) is 2.64. The maximum absolute atomic E-state index is 12.6. The van der Waals surface area contributed by atoms with Crippen molar-refractivity contribution in [3.05, 3.63) is 40.1 Å². The van der Waals surface area contributed by atoms with Crippen molar-refractivity contribution in [2.24, 2.45) is 0 Å². The van der Waals surface area contributed by atoms with Crippen molar-refractivity contribution in [3.8, 4) is 0 Å². The van der Waals surface area contributed by atoms with Gasteiger partial charge in [-0.25, -0.2) is 9.59 Å². The van der Waals surface area contributed by atoms with Crippen LogP contribution in [0.15, 0.2) is 23.4 Å². The second kappa shape index (κ2) is 10.2. The van der Waals surface area contributed by atoms with E-state index in [0.717, 1.165) is 22.4 Å². The first-order valence-electron chi connectivity index (χ1n) is 10.2. The minimum absolute atomic E-state index is 0.104. The van der Waals surface area contributed by atoms with E-state index >= 15 is 0 Å². The molecule has 1 aromatic rings. The fraction of sp³-hybridized carbons (Fsp3) is 0.500. The van der Waals surface area contributed by atoms with E-state index in [-0.39, 0.29) is 31.6 Å². The molecule has 3 N–H and O–H groups in total. The Bertz CT molecular complexity index is 840. The van der Waals surface area contributed by atoms with Gasteiger partial charge in [0.2, 0.25) is 5.91 Å². The van der Waals surface area contributed by atoms with Crippen LogP contribution < -0.4 is 16.0 Å². The first kappa shape index (κ1) is 23.4. The van der Waals surface area contributed by atoms with Gasteiger partial charge >= 0.3 is 12.0 Å². The van der Waals surface area contributed by atoms with Crippen LogP contribution in [0.25, 0.3) is 0 Å². The number of urea groups is 1. The smallest absolute Gasteiger partial charge is 0.337 e. The maximum Gasteiger partial charge on any atom is 0.337 e. The summed E-state index contributed by atoms with van der Waals surface area (Å²) >= 11 is 0. The van der Waals surface area contributed by atoms with Gasteiger partial charge in [0.05, 0.1) is 24.8 Å². The van der Waals surface area contributed by atoms with E-state index in [4.69, 9.17) is 4.74 Å². The van der Waals surface area contributed by atoms with Gasteiger partial charge in [-0.2, -0.15) is 0 Å². The molecule has 0 unspecified atom stereocenters. The normalized spacial score (nSPS) is 16.2. The van der Waals surface area contributed by atoms with Gasteiger partial charge in [-0.05, 0) is 52.3 Å². The van der Waals surface area contributed by atoms with Gasteiger partial charge in [0, 0.05) is 17.9 Å². The van der Waals surface area contributed by atoms with Gasteiger partial charge in [0.1, 0.15) is 0 Å². The number of likely N-dealkylation sites (N-methyl/N-ethyl adjacent to an activating group) is 1. The Labute approximate surface area is 178 Å². The molecular formula is C22H32N4O4. The summed E-state index contributed by atoms with van der Waals surface area (Å²) in [6.07, 6.45) is 0.557. The lowest BCUT2D eigenvalue weighted by atomic mass is 10.00. The van der Waals surface area contributed by atoms with Gasteiger partial charge in [-0.3, -0.25) is 9.69 Å². The molecule has 1 aliphatic rings. The van der Waals surface area contributed by atoms with Crippen LogP contribution in [0.5, 0.6) is 0 Å². The van der Waals surface area contributed by atoms with E-state index in [0.29, 0.717) is 17.7 Å².